The summed E-state index contributed by atoms with van der Waals surface area (Å²) in [5.41, 5.74) is 1.20. The fourth-order valence-electron chi connectivity index (χ4n) is 5.36. The zero-order chi connectivity index (χ0) is 30.9. The lowest BCUT2D eigenvalue weighted by Crippen LogP contribution is -2.57. The highest BCUT2D eigenvalue weighted by Crippen LogP contribution is 2.28. The van der Waals surface area contributed by atoms with E-state index >= 15 is 0 Å². The Labute approximate surface area is 251 Å². The molecular weight excluding hydrogens is 556 g/mol. The minimum absolute atomic E-state index is 0.139. The number of aliphatic hydroxyl groups excluding tert-OH is 1. The topological polar surface area (TPSA) is 156 Å². The number of benzene rings is 2. The fourth-order valence-corrected chi connectivity index (χ4v) is 5.36. The molecular formula is C31H40N4O8. The molecule has 2 heterocycles. The van der Waals surface area contributed by atoms with Gasteiger partial charge in [0, 0.05) is 13.1 Å². The zero-order valence-electron chi connectivity index (χ0n) is 24.8. The van der Waals surface area contributed by atoms with Crippen molar-refractivity contribution in [1.29, 1.82) is 0 Å². The molecule has 0 spiro atoms. The molecule has 0 saturated carbocycles. The Kier molecular flexibility index (Phi) is 10.8. The lowest BCUT2D eigenvalue weighted by molar-refractivity contribution is -0.140. The second kappa shape index (κ2) is 14.7. The first-order valence-electron chi connectivity index (χ1n) is 14.5. The van der Waals surface area contributed by atoms with E-state index < -0.39 is 48.2 Å². The van der Waals surface area contributed by atoms with Gasteiger partial charge in [-0.05, 0) is 62.4 Å². The van der Waals surface area contributed by atoms with Crippen molar-refractivity contribution in [1.82, 2.24) is 20.9 Å². The average Bonchev–Trinajstić information content (AvgIpc) is 3.48. The monoisotopic (exact) mass is 596 g/mol. The van der Waals surface area contributed by atoms with Crippen molar-refractivity contribution < 1.29 is 38.5 Å². The third-order valence-corrected chi connectivity index (χ3v) is 7.69. The molecule has 2 aromatic carbocycles. The van der Waals surface area contributed by atoms with Crippen LogP contribution in [-0.4, -0.2) is 91.8 Å². The molecule has 4 atom stereocenters. The predicted octanol–water partition coefficient (Wildman–Crippen LogP) is 1.19. The molecule has 1 saturated heterocycles. The fraction of sp³-hybridized carbons (Fsp3) is 0.484. The number of hydrogen-bond donors (Lipinski definition) is 4. The summed E-state index contributed by atoms with van der Waals surface area (Å²) in [6, 6.07) is 9.51. The van der Waals surface area contributed by atoms with Crippen LogP contribution in [0.15, 0.2) is 42.5 Å². The van der Waals surface area contributed by atoms with E-state index in [1.54, 1.807) is 43.4 Å². The van der Waals surface area contributed by atoms with Gasteiger partial charge in [-0.2, -0.15) is 0 Å². The Bertz CT molecular complexity index is 1320. The van der Waals surface area contributed by atoms with Gasteiger partial charge in [0.25, 0.3) is 5.91 Å². The molecule has 43 heavy (non-hydrogen) atoms. The summed E-state index contributed by atoms with van der Waals surface area (Å²) >= 11 is 0. The largest absolute Gasteiger partial charge is 0.493 e. The van der Waals surface area contributed by atoms with Crippen LogP contribution in [0.1, 0.15) is 48.5 Å². The average molecular weight is 597 g/mol. The zero-order valence-corrected chi connectivity index (χ0v) is 24.8. The quantitative estimate of drug-likeness (QED) is 0.331. The first-order valence-corrected chi connectivity index (χ1v) is 14.5. The van der Waals surface area contributed by atoms with Crippen LogP contribution in [0, 0.1) is 0 Å². The molecule has 12 heteroatoms. The van der Waals surface area contributed by atoms with E-state index in [4.69, 9.17) is 14.2 Å². The second-order valence-electron chi connectivity index (χ2n) is 10.7. The number of hydrogen-bond acceptors (Lipinski definition) is 8. The Morgan fingerprint density at radius 1 is 1.12 bits per heavy atom. The molecule has 0 aromatic heterocycles. The Hall–Kier alpha value is -4.32. The SMILES string of the molecule is COc1ccc(CCCNC(=O)[C@@H]2CC(=O)N[C@@H]([C@@H](C)O)C(=O)N3CCC[C@@H]3COc3ccccc3C(=O)N2)cc1OC. The number of methoxy groups -OCH3 is 2. The highest BCUT2D eigenvalue weighted by atomic mass is 16.5. The maximum atomic E-state index is 13.4. The minimum atomic E-state index is -1.24. The summed E-state index contributed by atoms with van der Waals surface area (Å²) in [4.78, 5) is 54.7. The standard InChI is InChI=1S/C31H40N4O8/c1-19(36)28-31(40)35-15-7-9-21(35)18-43-24-11-5-4-10-22(24)29(38)33-23(17-27(37)34-28)30(39)32-14-6-8-20-12-13-25(41-2)26(16-20)42-3/h4-5,10-13,16,19,21,23,28,36H,6-9,14-15,17-18H2,1-3H3,(H,32,39)(H,33,38)(H,34,37)/t19-,21-,23+,28+/m1/s1. The first kappa shape index (κ1) is 31.6. The maximum Gasteiger partial charge on any atom is 0.255 e. The smallest absolute Gasteiger partial charge is 0.255 e. The van der Waals surface area contributed by atoms with E-state index in [2.05, 4.69) is 16.0 Å². The van der Waals surface area contributed by atoms with Crippen molar-refractivity contribution in [3.8, 4) is 17.2 Å². The number of nitrogens with one attached hydrogen (secondary N) is 3. The molecule has 2 aliphatic heterocycles. The van der Waals surface area contributed by atoms with E-state index in [-0.39, 0.29) is 24.8 Å². The van der Waals surface area contributed by atoms with Gasteiger partial charge >= 0.3 is 0 Å². The van der Waals surface area contributed by atoms with Crippen LogP contribution in [0.25, 0.3) is 0 Å². The molecule has 0 aliphatic carbocycles. The predicted molar refractivity (Wildman–Crippen MR) is 157 cm³/mol. The van der Waals surface area contributed by atoms with Gasteiger partial charge in [-0.1, -0.05) is 18.2 Å². The molecule has 2 aromatic rings. The Morgan fingerprint density at radius 2 is 1.88 bits per heavy atom. The van der Waals surface area contributed by atoms with Crippen molar-refractivity contribution in [2.24, 2.45) is 0 Å². The van der Waals surface area contributed by atoms with Gasteiger partial charge in [-0.15, -0.1) is 0 Å². The van der Waals surface area contributed by atoms with Gasteiger partial charge in [0.1, 0.15) is 24.4 Å². The molecule has 1 fully saturated rings. The number of nitrogens with zero attached hydrogens (tertiary/aromatic N) is 1. The molecule has 0 radical (unpaired) electrons. The second-order valence-corrected chi connectivity index (χ2v) is 10.7. The van der Waals surface area contributed by atoms with Crippen LogP contribution in [0.3, 0.4) is 0 Å². The summed E-state index contributed by atoms with van der Waals surface area (Å²) in [7, 11) is 3.12. The first-order chi connectivity index (χ1) is 20.7. The summed E-state index contributed by atoms with van der Waals surface area (Å²) < 4.78 is 16.6. The molecule has 4 rings (SSSR count). The minimum Gasteiger partial charge on any atom is -0.493 e. The van der Waals surface area contributed by atoms with E-state index in [9.17, 15) is 24.3 Å². The van der Waals surface area contributed by atoms with Crippen LogP contribution in [-0.2, 0) is 20.8 Å². The van der Waals surface area contributed by atoms with Gasteiger partial charge in [-0.25, -0.2) is 0 Å². The van der Waals surface area contributed by atoms with Gasteiger partial charge in [-0.3, -0.25) is 19.2 Å². The van der Waals surface area contributed by atoms with E-state index in [1.165, 1.54) is 6.92 Å². The molecule has 4 amide bonds. The van der Waals surface area contributed by atoms with Crippen molar-refractivity contribution in [2.45, 2.75) is 63.3 Å². The van der Waals surface area contributed by atoms with Gasteiger partial charge in [0.05, 0.1) is 38.3 Å². The molecule has 0 bridgehead atoms. The molecule has 232 valence electrons. The van der Waals surface area contributed by atoms with Crippen molar-refractivity contribution in [3.05, 3.63) is 53.6 Å². The van der Waals surface area contributed by atoms with Crippen LogP contribution in [0.4, 0.5) is 0 Å². The van der Waals surface area contributed by atoms with Crippen LogP contribution >= 0.6 is 0 Å². The molecule has 2 aliphatic rings. The van der Waals surface area contributed by atoms with Crippen LogP contribution in [0.5, 0.6) is 17.2 Å². The summed E-state index contributed by atoms with van der Waals surface area (Å²) in [5, 5.41) is 18.4. The van der Waals surface area contributed by atoms with Crippen LogP contribution in [0.2, 0.25) is 0 Å². The summed E-state index contributed by atoms with van der Waals surface area (Å²) in [5.74, 6) is -0.660. The number of carbonyl (C=O) groups excluding carboxylic acids is 4. The molecule has 4 N–H and O–H groups in total. The normalized spacial score (nSPS) is 21.7. The number of carbonyl (C=O) groups is 4. The van der Waals surface area contributed by atoms with Crippen molar-refractivity contribution in [3.63, 3.8) is 0 Å². The van der Waals surface area contributed by atoms with E-state index in [1.807, 2.05) is 18.2 Å². The molecule has 12 nitrogen and oxygen atoms in total. The molecule has 0 unspecified atom stereocenters. The number of rotatable bonds is 8. The number of para-hydroxylation sites is 1. The van der Waals surface area contributed by atoms with Crippen molar-refractivity contribution in [2.75, 3.05) is 33.9 Å². The lowest BCUT2D eigenvalue weighted by atomic mass is 10.1. The maximum absolute atomic E-state index is 13.4. The number of aliphatic hydroxyl groups is 1. The third-order valence-electron chi connectivity index (χ3n) is 7.69. The van der Waals surface area contributed by atoms with Crippen LogP contribution < -0.4 is 30.2 Å². The highest BCUT2D eigenvalue weighted by molar-refractivity contribution is 6.01. The Balaban J connectivity index is 1.49. The van der Waals surface area contributed by atoms with Gasteiger partial charge < -0.3 is 40.2 Å². The van der Waals surface area contributed by atoms with Crippen molar-refractivity contribution >= 4 is 23.6 Å². The number of aryl methyl sites for hydroxylation is 1. The third kappa shape index (κ3) is 7.95. The summed E-state index contributed by atoms with van der Waals surface area (Å²) in [6.07, 6.45) is 1.05. The van der Waals surface area contributed by atoms with Gasteiger partial charge in [0.15, 0.2) is 11.5 Å². The van der Waals surface area contributed by atoms with Gasteiger partial charge in [0.2, 0.25) is 17.7 Å². The van der Waals surface area contributed by atoms with E-state index in [0.717, 1.165) is 12.0 Å². The summed E-state index contributed by atoms with van der Waals surface area (Å²) in [6.45, 7) is 2.31. The van der Waals surface area contributed by atoms with E-state index in [0.29, 0.717) is 43.1 Å². The number of fused-ring (bicyclic) bond motifs is 2. The number of ether oxygens (including phenoxy) is 3. The highest BCUT2D eigenvalue weighted by Gasteiger charge is 2.37. The number of amides is 4. The lowest BCUT2D eigenvalue weighted by Gasteiger charge is -2.31. The Morgan fingerprint density at radius 3 is 2.63 bits per heavy atom.